The molecule has 0 radical (unpaired) electrons. The van der Waals surface area contributed by atoms with Crippen molar-refractivity contribution < 1.29 is 14.4 Å². The zero-order valence-electron chi connectivity index (χ0n) is 11.4. The smallest absolute Gasteiger partial charge is 0.274 e. The number of amides is 2. The standard InChI is InChI=1S/C14H14N4O3/c1-2-21-17-14(20)13(19)16-11-8-9-18(15-10-11)12-6-4-3-5-7-12/h3-10H,2H2,1H3,(H,17,20)/b16-11+. The Labute approximate surface area is 120 Å². The largest absolute Gasteiger partial charge is 0.337 e. The van der Waals surface area contributed by atoms with Crippen molar-refractivity contribution in [3.05, 3.63) is 54.1 Å². The van der Waals surface area contributed by atoms with Crippen LogP contribution in [0.4, 0.5) is 0 Å². The van der Waals surface area contributed by atoms with Crippen LogP contribution in [0.25, 0.3) is 5.69 Å². The minimum atomic E-state index is -0.942. The number of hydroxylamine groups is 1. The summed E-state index contributed by atoms with van der Waals surface area (Å²) in [6.07, 6.45) is 3.06. The van der Waals surface area contributed by atoms with E-state index in [2.05, 4.69) is 14.9 Å². The number of rotatable bonds is 3. The maximum atomic E-state index is 11.5. The van der Waals surface area contributed by atoms with Crippen molar-refractivity contribution in [2.24, 2.45) is 4.99 Å². The van der Waals surface area contributed by atoms with Crippen LogP contribution >= 0.6 is 0 Å². The predicted molar refractivity (Wildman–Crippen MR) is 73.9 cm³/mol. The molecule has 0 spiro atoms. The van der Waals surface area contributed by atoms with Gasteiger partial charge in [-0.05, 0) is 25.1 Å². The van der Waals surface area contributed by atoms with Crippen molar-refractivity contribution in [2.45, 2.75) is 6.92 Å². The van der Waals surface area contributed by atoms with Crippen molar-refractivity contribution in [1.82, 2.24) is 15.3 Å². The maximum absolute atomic E-state index is 11.5. The summed E-state index contributed by atoms with van der Waals surface area (Å²) in [5.74, 6) is -1.86. The molecule has 2 aromatic rings. The summed E-state index contributed by atoms with van der Waals surface area (Å²) in [7, 11) is 0. The summed E-state index contributed by atoms with van der Waals surface area (Å²) in [4.78, 5) is 31.0. The van der Waals surface area contributed by atoms with Gasteiger partial charge in [-0.3, -0.25) is 14.4 Å². The van der Waals surface area contributed by atoms with Gasteiger partial charge in [0.15, 0.2) is 0 Å². The number of hydrogen-bond acceptors (Lipinski definition) is 4. The normalized spacial score (nSPS) is 11.2. The molecule has 0 fully saturated rings. The van der Waals surface area contributed by atoms with E-state index in [0.29, 0.717) is 5.36 Å². The number of nitrogens with zero attached hydrogens (tertiary/aromatic N) is 3. The van der Waals surface area contributed by atoms with Crippen LogP contribution in [0.15, 0.2) is 53.8 Å². The zero-order chi connectivity index (χ0) is 15.1. The van der Waals surface area contributed by atoms with E-state index in [1.165, 1.54) is 6.20 Å². The quantitative estimate of drug-likeness (QED) is 0.652. The molecule has 0 bridgehead atoms. The SMILES string of the molecule is CCONC(=O)C(=O)/N=c1\ccn(-c2ccccc2)nc1. The second-order valence-electron chi connectivity index (χ2n) is 3.95. The van der Waals surface area contributed by atoms with Crippen molar-refractivity contribution in [1.29, 1.82) is 0 Å². The van der Waals surface area contributed by atoms with Gasteiger partial charge in [0.2, 0.25) is 0 Å². The van der Waals surface area contributed by atoms with Crippen LogP contribution < -0.4 is 10.8 Å². The van der Waals surface area contributed by atoms with E-state index in [-0.39, 0.29) is 6.61 Å². The van der Waals surface area contributed by atoms with E-state index in [1.54, 1.807) is 23.9 Å². The first kappa shape index (κ1) is 14.6. The van der Waals surface area contributed by atoms with Crippen LogP contribution in [0.2, 0.25) is 0 Å². The molecule has 2 rings (SSSR count). The first-order valence-corrected chi connectivity index (χ1v) is 6.32. The lowest BCUT2D eigenvalue weighted by Crippen LogP contribution is -2.31. The lowest BCUT2D eigenvalue weighted by Gasteiger charge is -2.03. The molecular formula is C14H14N4O3. The van der Waals surface area contributed by atoms with E-state index in [1.807, 2.05) is 35.8 Å². The number of para-hydroxylation sites is 1. The van der Waals surface area contributed by atoms with E-state index in [0.717, 1.165) is 5.69 Å². The Kier molecular flexibility index (Phi) is 4.94. The topological polar surface area (TPSA) is 85.6 Å². The Morgan fingerprint density at radius 1 is 1.29 bits per heavy atom. The molecule has 0 aliphatic rings. The third-order valence-corrected chi connectivity index (χ3v) is 2.46. The number of nitrogens with one attached hydrogen (secondary N) is 1. The summed E-state index contributed by atoms with van der Waals surface area (Å²) in [6.45, 7) is 1.95. The molecule has 1 N–H and O–H groups in total. The summed E-state index contributed by atoms with van der Waals surface area (Å²) in [5.41, 5.74) is 2.86. The lowest BCUT2D eigenvalue weighted by molar-refractivity contribution is -0.145. The fourth-order valence-electron chi connectivity index (χ4n) is 1.50. The summed E-state index contributed by atoms with van der Waals surface area (Å²) < 4.78 is 1.63. The van der Waals surface area contributed by atoms with Gasteiger partial charge < -0.3 is 0 Å². The van der Waals surface area contributed by atoms with Crippen LogP contribution in [-0.4, -0.2) is 28.2 Å². The minimum absolute atomic E-state index is 0.267. The van der Waals surface area contributed by atoms with E-state index < -0.39 is 11.8 Å². The molecule has 0 aliphatic carbocycles. The average molecular weight is 286 g/mol. The van der Waals surface area contributed by atoms with Gasteiger partial charge in [0.25, 0.3) is 0 Å². The molecule has 7 nitrogen and oxygen atoms in total. The van der Waals surface area contributed by atoms with Crippen molar-refractivity contribution in [2.75, 3.05) is 6.61 Å². The Hall–Kier alpha value is -2.80. The van der Waals surface area contributed by atoms with Crippen LogP contribution in [0.1, 0.15) is 6.92 Å². The number of aromatic nitrogens is 2. The number of benzene rings is 1. The van der Waals surface area contributed by atoms with Gasteiger partial charge in [0.1, 0.15) is 0 Å². The Morgan fingerprint density at radius 3 is 2.67 bits per heavy atom. The Balaban J connectivity index is 2.13. The molecule has 1 heterocycles. The van der Waals surface area contributed by atoms with Crippen LogP contribution in [-0.2, 0) is 14.4 Å². The molecule has 1 aromatic heterocycles. The predicted octanol–water partition coefficient (Wildman–Crippen LogP) is 0.367. The van der Waals surface area contributed by atoms with Gasteiger partial charge in [0, 0.05) is 6.20 Å². The second kappa shape index (κ2) is 7.11. The molecule has 0 atom stereocenters. The number of carbonyl (C=O) groups is 2. The first-order chi connectivity index (χ1) is 10.2. The number of carbonyl (C=O) groups excluding carboxylic acids is 2. The van der Waals surface area contributed by atoms with Crippen LogP contribution in [0, 0.1) is 0 Å². The highest BCUT2D eigenvalue weighted by Gasteiger charge is 2.11. The molecule has 0 saturated heterocycles. The van der Waals surface area contributed by atoms with Gasteiger partial charge in [-0.15, -0.1) is 0 Å². The number of hydrogen-bond donors (Lipinski definition) is 1. The van der Waals surface area contributed by atoms with Crippen LogP contribution in [0.3, 0.4) is 0 Å². The highest BCUT2D eigenvalue weighted by atomic mass is 16.6. The second-order valence-corrected chi connectivity index (χ2v) is 3.95. The van der Waals surface area contributed by atoms with Crippen molar-refractivity contribution in [3.8, 4) is 5.69 Å². The fraction of sp³-hybridized carbons (Fsp3) is 0.143. The summed E-state index contributed by atoms with van der Waals surface area (Å²) >= 11 is 0. The third kappa shape index (κ3) is 4.08. The summed E-state index contributed by atoms with van der Waals surface area (Å²) in [5, 5.41) is 4.42. The summed E-state index contributed by atoms with van der Waals surface area (Å²) in [6, 6.07) is 11.1. The highest BCUT2D eigenvalue weighted by Crippen LogP contribution is 2.02. The van der Waals surface area contributed by atoms with Crippen molar-refractivity contribution in [3.63, 3.8) is 0 Å². The molecule has 0 unspecified atom stereocenters. The van der Waals surface area contributed by atoms with Gasteiger partial charge in [-0.1, -0.05) is 18.2 Å². The molecule has 108 valence electrons. The molecule has 2 amide bonds. The highest BCUT2D eigenvalue weighted by molar-refractivity contribution is 6.35. The molecule has 0 aliphatic heterocycles. The Morgan fingerprint density at radius 2 is 2.05 bits per heavy atom. The van der Waals surface area contributed by atoms with E-state index >= 15 is 0 Å². The lowest BCUT2D eigenvalue weighted by atomic mass is 10.3. The van der Waals surface area contributed by atoms with Crippen LogP contribution in [0.5, 0.6) is 0 Å². The molecule has 21 heavy (non-hydrogen) atoms. The van der Waals surface area contributed by atoms with E-state index in [4.69, 9.17) is 0 Å². The van der Waals surface area contributed by atoms with E-state index in [9.17, 15) is 9.59 Å². The first-order valence-electron chi connectivity index (χ1n) is 6.32. The van der Waals surface area contributed by atoms with Gasteiger partial charge in [-0.2, -0.15) is 5.10 Å². The molecular weight excluding hydrogens is 272 g/mol. The third-order valence-electron chi connectivity index (χ3n) is 2.46. The van der Waals surface area contributed by atoms with Gasteiger partial charge in [0.05, 0.1) is 23.8 Å². The average Bonchev–Trinajstić information content (AvgIpc) is 2.54. The van der Waals surface area contributed by atoms with Crippen molar-refractivity contribution >= 4 is 11.8 Å². The maximum Gasteiger partial charge on any atom is 0.337 e. The zero-order valence-corrected chi connectivity index (χ0v) is 11.4. The molecule has 0 saturated carbocycles. The van der Waals surface area contributed by atoms with Gasteiger partial charge in [-0.25, -0.2) is 15.2 Å². The monoisotopic (exact) mass is 286 g/mol. The molecule has 7 heteroatoms. The Bertz CT molecular complexity index is 674. The fourth-order valence-corrected chi connectivity index (χ4v) is 1.50. The molecule has 1 aromatic carbocycles. The minimum Gasteiger partial charge on any atom is -0.274 e. The van der Waals surface area contributed by atoms with Gasteiger partial charge >= 0.3 is 11.8 Å².